The van der Waals surface area contributed by atoms with Crippen LogP contribution in [0.1, 0.15) is 19.3 Å². The Morgan fingerprint density at radius 2 is 2.22 bits per heavy atom. The van der Waals surface area contributed by atoms with E-state index < -0.39 is 0 Å². The maximum atomic E-state index is 6.12. The molecular weight excluding hydrogens is 252 g/mol. The van der Waals surface area contributed by atoms with Crippen molar-refractivity contribution in [2.75, 3.05) is 24.3 Å². The molecule has 0 amide bonds. The minimum atomic E-state index is 0.314. The van der Waals surface area contributed by atoms with E-state index in [1.807, 2.05) is 0 Å². The molecule has 18 heavy (non-hydrogen) atoms. The number of hydrogen-bond donors (Lipinski definition) is 2. The molecule has 2 atom stereocenters. The molecule has 6 heteroatoms. The molecule has 1 aliphatic heterocycles. The minimum Gasteiger partial charge on any atom is -0.376 e. The highest BCUT2D eigenvalue weighted by Gasteiger charge is 2.40. The van der Waals surface area contributed by atoms with Crippen molar-refractivity contribution in [3.05, 3.63) is 11.2 Å². The molecule has 1 aromatic rings. The minimum absolute atomic E-state index is 0.314. The third kappa shape index (κ3) is 2.37. The van der Waals surface area contributed by atoms with Crippen LogP contribution >= 0.6 is 11.6 Å². The van der Waals surface area contributed by atoms with Crippen LogP contribution in [0.4, 0.5) is 11.8 Å². The molecule has 0 spiro atoms. The van der Waals surface area contributed by atoms with Gasteiger partial charge in [-0.15, -0.1) is 0 Å². The number of nitrogens with one attached hydrogen (secondary N) is 2. The summed E-state index contributed by atoms with van der Waals surface area (Å²) in [6, 6.07) is 0.314. The Balaban J connectivity index is 1.74. The number of aromatic nitrogens is 2. The van der Waals surface area contributed by atoms with Gasteiger partial charge < -0.3 is 15.4 Å². The fourth-order valence-corrected chi connectivity index (χ4v) is 2.57. The molecule has 2 fully saturated rings. The number of rotatable bonds is 4. The molecule has 1 saturated carbocycles. The number of ether oxygens (including phenoxy) is 1. The van der Waals surface area contributed by atoms with Gasteiger partial charge in [0.05, 0.1) is 18.3 Å². The van der Waals surface area contributed by atoms with Gasteiger partial charge in [0.25, 0.3) is 0 Å². The van der Waals surface area contributed by atoms with Gasteiger partial charge in [-0.25, -0.2) is 4.98 Å². The van der Waals surface area contributed by atoms with Crippen LogP contribution in [0.5, 0.6) is 0 Å². The van der Waals surface area contributed by atoms with Crippen molar-refractivity contribution in [2.45, 2.75) is 31.4 Å². The van der Waals surface area contributed by atoms with Gasteiger partial charge in [0, 0.05) is 13.7 Å². The van der Waals surface area contributed by atoms with Gasteiger partial charge in [0.1, 0.15) is 5.02 Å². The fourth-order valence-electron chi connectivity index (χ4n) is 2.42. The van der Waals surface area contributed by atoms with Crippen molar-refractivity contribution in [1.82, 2.24) is 9.97 Å². The van der Waals surface area contributed by atoms with E-state index in [4.69, 9.17) is 16.3 Å². The highest BCUT2D eigenvalue weighted by atomic mass is 35.5. The molecule has 5 nitrogen and oxygen atoms in total. The zero-order valence-electron chi connectivity index (χ0n) is 10.3. The summed E-state index contributed by atoms with van der Waals surface area (Å²) in [5.41, 5.74) is 0. The second-order valence-corrected chi connectivity index (χ2v) is 5.26. The van der Waals surface area contributed by atoms with Crippen molar-refractivity contribution in [1.29, 1.82) is 0 Å². The molecule has 3 rings (SSSR count). The van der Waals surface area contributed by atoms with Crippen molar-refractivity contribution < 1.29 is 4.74 Å². The summed E-state index contributed by atoms with van der Waals surface area (Å²) >= 11 is 6.12. The number of anilines is 2. The molecule has 1 aliphatic carbocycles. The van der Waals surface area contributed by atoms with E-state index in [1.165, 1.54) is 12.8 Å². The first-order valence-electron chi connectivity index (χ1n) is 6.36. The Bertz CT molecular complexity index is 438. The second-order valence-electron chi connectivity index (χ2n) is 4.85. The van der Waals surface area contributed by atoms with Crippen LogP contribution in [0.15, 0.2) is 6.20 Å². The fraction of sp³-hybridized carbons (Fsp3) is 0.667. The molecule has 98 valence electrons. The standard InChI is InChI=1S/C12H17ClN4O/c1-14-12-15-6-8(13)11(17-12)16-9-4-5-18-10(9)7-2-3-7/h6-7,9-10H,2-5H2,1H3,(H2,14,15,16,17). The lowest BCUT2D eigenvalue weighted by Crippen LogP contribution is -2.31. The topological polar surface area (TPSA) is 59.1 Å². The van der Waals surface area contributed by atoms with Gasteiger partial charge in [-0.3, -0.25) is 0 Å². The highest BCUT2D eigenvalue weighted by Crippen LogP contribution is 2.39. The lowest BCUT2D eigenvalue weighted by molar-refractivity contribution is 0.0898. The summed E-state index contributed by atoms with van der Waals surface area (Å²) in [7, 11) is 1.79. The zero-order valence-corrected chi connectivity index (χ0v) is 11.1. The molecule has 0 bridgehead atoms. The SMILES string of the molecule is CNc1ncc(Cl)c(NC2CCOC2C2CC2)n1. The molecule has 2 heterocycles. The van der Waals surface area contributed by atoms with Crippen LogP contribution < -0.4 is 10.6 Å². The van der Waals surface area contributed by atoms with Crippen molar-refractivity contribution >= 4 is 23.4 Å². The van der Waals surface area contributed by atoms with E-state index in [0.717, 1.165) is 18.9 Å². The first kappa shape index (κ1) is 12.0. The number of halogens is 1. The summed E-state index contributed by atoms with van der Waals surface area (Å²) in [5.74, 6) is 1.98. The lowest BCUT2D eigenvalue weighted by atomic mass is 10.1. The van der Waals surface area contributed by atoms with Gasteiger partial charge in [-0.05, 0) is 25.2 Å². The predicted molar refractivity (Wildman–Crippen MR) is 71.1 cm³/mol. The van der Waals surface area contributed by atoms with Gasteiger partial charge in [0.2, 0.25) is 5.95 Å². The smallest absolute Gasteiger partial charge is 0.224 e. The summed E-state index contributed by atoms with van der Waals surface area (Å²) in [5, 5.41) is 6.87. The number of nitrogens with zero attached hydrogens (tertiary/aromatic N) is 2. The quantitative estimate of drug-likeness (QED) is 0.876. The average molecular weight is 269 g/mol. The molecule has 2 N–H and O–H groups in total. The summed E-state index contributed by atoms with van der Waals surface area (Å²) in [4.78, 5) is 8.42. The van der Waals surface area contributed by atoms with Crippen LogP contribution in [-0.2, 0) is 4.74 Å². The van der Waals surface area contributed by atoms with Crippen molar-refractivity contribution in [2.24, 2.45) is 5.92 Å². The highest BCUT2D eigenvalue weighted by molar-refractivity contribution is 6.32. The van der Waals surface area contributed by atoms with E-state index in [1.54, 1.807) is 13.2 Å². The largest absolute Gasteiger partial charge is 0.376 e. The Morgan fingerprint density at radius 1 is 1.39 bits per heavy atom. The first-order chi connectivity index (χ1) is 8.78. The van der Waals surface area contributed by atoms with E-state index in [-0.39, 0.29) is 0 Å². The Hall–Kier alpha value is -1.07. The summed E-state index contributed by atoms with van der Waals surface area (Å²) in [6.45, 7) is 0.820. The third-order valence-electron chi connectivity index (χ3n) is 3.51. The van der Waals surface area contributed by atoms with Crippen LogP contribution in [0.3, 0.4) is 0 Å². The maximum absolute atomic E-state index is 6.12. The van der Waals surface area contributed by atoms with Gasteiger partial charge in [0.15, 0.2) is 5.82 Å². The molecule has 0 radical (unpaired) electrons. The Labute approximate surface area is 111 Å². The van der Waals surface area contributed by atoms with Crippen LogP contribution in [0, 0.1) is 5.92 Å². The van der Waals surface area contributed by atoms with E-state index >= 15 is 0 Å². The van der Waals surface area contributed by atoms with E-state index in [0.29, 0.717) is 28.9 Å². The van der Waals surface area contributed by atoms with Crippen LogP contribution in [0.2, 0.25) is 5.02 Å². The maximum Gasteiger partial charge on any atom is 0.224 e. The van der Waals surface area contributed by atoms with Crippen molar-refractivity contribution in [3.63, 3.8) is 0 Å². The van der Waals surface area contributed by atoms with Crippen LogP contribution in [-0.4, -0.2) is 35.8 Å². The third-order valence-corrected chi connectivity index (χ3v) is 3.79. The van der Waals surface area contributed by atoms with Crippen molar-refractivity contribution in [3.8, 4) is 0 Å². The normalized spacial score (nSPS) is 27.2. The lowest BCUT2D eigenvalue weighted by Gasteiger charge is -2.20. The molecule has 2 aliphatic rings. The van der Waals surface area contributed by atoms with Crippen LogP contribution in [0.25, 0.3) is 0 Å². The second kappa shape index (κ2) is 4.90. The summed E-state index contributed by atoms with van der Waals surface area (Å²) < 4.78 is 5.79. The first-order valence-corrected chi connectivity index (χ1v) is 6.74. The molecular formula is C12H17ClN4O. The van der Waals surface area contributed by atoms with Gasteiger partial charge in [-0.2, -0.15) is 4.98 Å². The van der Waals surface area contributed by atoms with Gasteiger partial charge >= 0.3 is 0 Å². The molecule has 2 unspecified atom stereocenters. The zero-order chi connectivity index (χ0) is 12.5. The predicted octanol–water partition coefficient (Wildman–Crippen LogP) is 2.15. The Kier molecular flexibility index (Phi) is 3.26. The summed E-state index contributed by atoms with van der Waals surface area (Å²) in [6.07, 6.45) is 5.50. The molecule has 0 aromatic carbocycles. The Morgan fingerprint density at radius 3 is 2.94 bits per heavy atom. The van der Waals surface area contributed by atoms with E-state index in [2.05, 4.69) is 20.6 Å². The average Bonchev–Trinajstić information content (AvgIpc) is 3.13. The molecule has 1 saturated heterocycles. The van der Waals surface area contributed by atoms with Gasteiger partial charge in [-0.1, -0.05) is 11.6 Å². The monoisotopic (exact) mass is 268 g/mol. The number of hydrogen-bond acceptors (Lipinski definition) is 5. The van der Waals surface area contributed by atoms with E-state index in [9.17, 15) is 0 Å². The molecule has 1 aromatic heterocycles.